The van der Waals surface area contributed by atoms with Crippen LogP contribution in [0.25, 0.3) is 0 Å². The molecule has 0 rings (SSSR count). The van der Waals surface area contributed by atoms with Gasteiger partial charge in [-0.25, -0.2) is 0 Å². The summed E-state index contributed by atoms with van der Waals surface area (Å²) in [6.07, 6.45) is -0.444. The van der Waals surface area contributed by atoms with Crippen LogP contribution in [-0.4, -0.2) is 17.8 Å². The van der Waals surface area contributed by atoms with Crippen molar-refractivity contribution >= 4 is 0 Å². The van der Waals surface area contributed by atoms with Gasteiger partial charge >= 0.3 is 0 Å². The van der Waals surface area contributed by atoms with Gasteiger partial charge in [-0.05, 0) is 13.0 Å². The Morgan fingerprint density at radius 1 is 1.75 bits per heavy atom. The standard InChI is InChI=1S/C5H11O2.Y/c1-3-7-4-5(2)6;/h4-6H,3H2,1-2H3;/q-1;. The molecule has 0 aliphatic carbocycles. The van der Waals surface area contributed by atoms with E-state index in [1.54, 1.807) is 6.92 Å². The minimum absolute atomic E-state index is 0. The number of hydrogen-bond donors (Lipinski definition) is 1. The number of aliphatic hydroxyl groups is 1. The van der Waals surface area contributed by atoms with Crippen LogP contribution in [0.5, 0.6) is 0 Å². The van der Waals surface area contributed by atoms with E-state index in [9.17, 15) is 0 Å². The zero-order chi connectivity index (χ0) is 5.70. The van der Waals surface area contributed by atoms with Crippen molar-refractivity contribution < 1.29 is 42.6 Å². The van der Waals surface area contributed by atoms with E-state index in [2.05, 4.69) is 0 Å². The molecule has 3 heteroatoms. The van der Waals surface area contributed by atoms with Crippen molar-refractivity contribution in [3.05, 3.63) is 6.61 Å². The first-order valence-electron chi connectivity index (χ1n) is 2.40. The van der Waals surface area contributed by atoms with Crippen molar-refractivity contribution in [3.63, 3.8) is 0 Å². The summed E-state index contributed by atoms with van der Waals surface area (Å²) in [7, 11) is 0. The second-order valence-corrected chi connectivity index (χ2v) is 1.33. The van der Waals surface area contributed by atoms with Crippen LogP contribution in [0.4, 0.5) is 0 Å². The average molecular weight is 192 g/mol. The Bertz CT molecular complexity index is 39.4. The molecule has 0 heterocycles. The van der Waals surface area contributed by atoms with Crippen LogP contribution in [0.2, 0.25) is 0 Å². The van der Waals surface area contributed by atoms with Gasteiger partial charge in [0.1, 0.15) is 0 Å². The molecular weight excluding hydrogens is 181 g/mol. The number of ether oxygens (including phenoxy) is 1. The molecule has 0 fully saturated rings. The summed E-state index contributed by atoms with van der Waals surface area (Å²) >= 11 is 0. The third kappa shape index (κ3) is 10.1. The first-order chi connectivity index (χ1) is 3.27. The zero-order valence-electron chi connectivity index (χ0n) is 5.29. The van der Waals surface area contributed by atoms with Crippen molar-refractivity contribution in [2.75, 3.05) is 6.61 Å². The van der Waals surface area contributed by atoms with Gasteiger partial charge in [-0.2, -0.15) is 6.61 Å². The van der Waals surface area contributed by atoms with Crippen molar-refractivity contribution in [2.24, 2.45) is 0 Å². The predicted octanol–water partition coefficient (Wildman–Crippen LogP) is 0.563. The van der Waals surface area contributed by atoms with Crippen molar-refractivity contribution in [2.45, 2.75) is 20.0 Å². The average Bonchev–Trinajstić information content (AvgIpc) is 1.61. The summed E-state index contributed by atoms with van der Waals surface area (Å²) in [5, 5.41) is 8.50. The Balaban J connectivity index is 0. The minimum Gasteiger partial charge on any atom is -0.550 e. The maximum absolute atomic E-state index is 8.50. The second kappa shape index (κ2) is 8.02. The van der Waals surface area contributed by atoms with E-state index in [-0.39, 0.29) is 32.7 Å². The zero-order valence-corrected chi connectivity index (χ0v) is 8.13. The smallest absolute Gasteiger partial charge is 0.00833 e. The topological polar surface area (TPSA) is 29.5 Å². The molecule has 0 bridgehead atoms. The Morgan fingerprint density at radius 2 is 2.25 bits per heavy atom. The van der Waals surface area contributed by atoms with Gasteiger partial charge in [0.05, 0.1) is 0 Å². The molecule has 1 atom stereocenters. The van der Waals surface area contributed by atoms with Crippen LogP contribution >= 0.6 is 0 Å². The molecule has 0 aromatic rings. The molecule has 1 radical (unpaired) electrons. The van der Waals surface area contributed by atoms with Gasteiger partial charge in [0.25, 0.3) is 0 Å². The van der Waals surface area contributed by atoms with Crippen molar-refractivity contribution in [3.8, 4) is 0 Å². The first kappa shape index (κ1) is 11.8. The quantitative estimate of drug-likeness (QED) is 0.662. The molecule has 0 amide bonds. The number of aliphatic hydroxyl groups excluding tert-OH is 1. The van der Waals surface area contributed by atoms with Crippen LogP contribution in [-0.2, 0) is 37.4 Å². The first-order valence-corrected chi connectivity index (χ1v) is 2.40. The van der Waals surface area contributed by atoms with E-state index in [0.717, 1.165) is 0 Å². The molecule has 1 unspecified atom stereocenters. The largest absolute Gasteiger partial charge is 0.550 e. The molecule has 2 nitrogen and oxygen atoms in total. The van der Waals surface area contributed by atoms with E-state index >= 15 is 0 Å². The van der Waals surface area contributed by atoms with Gasteiger partial charge in [-0.1, -0.05) is 6.92 Å². The van der Waals surface area contributed by atoms with Crippen LogP contribution in [0.15, 0.2) is 0 Å². The summed E-state index contributed by atoms with van der Waals surface area (Å²) in [6, 6.07) is 0. The molecule has 0 aromatic heterocycles. The third-order valence-electron chi connectivity index (χ3n) is 0.460. The number of rotatable bonds is 3. The monoisotopic (exact) mass is 192 g/mol. The maximum atomic E-state index is 8.50. The molecule has 0 aromatic carbocycles. The van der Waals surface area contributed by atoms with Gasteiger partial charge in [0.2, 0.25) is 0 Å². The Labute approximate surface area is 75.5 Å². The maximum Gasteiger partial charge on any atom is 0.00833 e. The van der Waals surface area contributed by atoms with E-state index < -0.39 is 6.10 Å². The van der Waals surface area contributed by atoms with Gasteiger partial charge in [0, 0.05) is 39.3 Å². The third-order valence-corrected chi connectivity index (χ3v) is 0.460. The summed E-state index contributed by atoms with van der Waals surface area (Å²) < 4.78 is 4.72. The molecular formula is C5H11O2Y-. The molecule has 1 N–H and O–H groups in total. The Hall–Kier alpha value is 1.02. The van der Waals surface area contributed by atoms with Crippen LogP contribution in [0, 0.1) is 6.61 Å². The number of hydrogen-bond acceptors (Lipinski definition) is 2. The van der Waals surface area contributed by atoms with Gasteiger partial charge < -0.3 is 9.84 Å². The molecule has 47 valence electrons. The Morgan fingerprint density at radius 3 is 2.38 bits per heavy atom. The van der Waals surface area contributed by atoms with Gasteiger partial charge in [-0.15, -0.1) is 0 Å². The van der Waals surface area contributed by atoms with E-state index in [1.165, 1.54) is 6.61 Å². The van der Waals surface area contributed by atoms with Gasteiger partial charge in [0.15, 0.2) is 0 Å². The molecule has 8 heavy (non-hydrogen) atoms. The fourth-order valence-corrected chi connectivity index (χ4v) is 0.235. The van der Waals surface area contributed by atoms with Gasteiger partial charge in [-0.3, -0.25) is 0 Å². The molecule has 0 saturated heterocycles. The fraction of sp³-hybridized carbons (Fsp3) is 0.800. The van der Waals surface area contributed by atoms with Crippen LogP contribution in [0.3, 0.4) is 0 Å². The Kier molecular flexibility index (Phi) is 11.8. The summed E-state index contributed by atoms with van der Waals surface area (Å²) in [4.78, 5) is 0. The summed E-state index contributed by atoms with van der Waals surface area (Å²) in [5.41, 5.74) is 0. The fourth-order valence-electron chi connectivity index (χ4n) is 0.235. The molecule has 0 aliphatic rings. The van der Waals surface area contributed by atoms with Crippen molar-refractivity contribution in [1.29, 1.82) is 0 Å². The van der Waals surface area contributed by atoms with E-state index in [0.29, 0.717) is 6.61 Å². The molecule has 0 spiro atoms. The SMILES string of the molecule is CCO[CH-]C(C)O.[Y]. The summed E-state index contributed by atoms with van der Waals surface area (Å²) in [5.74, 6) is 0. The molecule has 0 saturated carbocycles. The van der Waals surface area contributed by atoms with Crippen LogP contribution in [0.1, 0.15) is 13.8 Å². The minimum atomic E-state index is -0.444. The second-order valence-electron chi connectivity index (χ2n) is 1.33. The van der Waals surface area contributed by atoms with Crippen LogP contribution < -0.4 is 0 Å². The normalized spacial score (nSPS) is 12.4. The van der Waals surface area contributed by atoms with E-state index in [4.69, 9.17) is 9.84 Å². The predicted molar refractivity (Wildman–Crippen MR) is 27.6 cm³/mol. The summed E-state index contributed by atoms with van der Waals surface area (Å²) in [6.45, 7) is 5.56. The molecule has 0 aliphatic heterocycles. The van der Waals surface area contributed by atoms with Crippen molar-refractivity contribution in [1.82, 2.24) is 0 Å². The van der Waals surface area contributed by atoms with E-state index in [1.807, 2.05) is 6.92 Å².